The third-order valence-electron chi connectivity index (χ3n) is 2.37. The highest BCUT2D eigenvalue weighted by Crippen LogP contribution is 2.35. The van der Waals surface area contributed by atoms with Gasteiger partial charge in [-0.05, 0) is 46.6 Å². The smallest absolute Gasteiger partial charge is 0.234 e. The SMILES string of the molecule is Cc1c(N)cnc(Oc2ccc(F)cc2Cl)c1Br. The average molecular weight is 332 g/mol. The number of nitrogens with two attached hydrogens (primary N) is 1. The van der Waals surface area contributed by atoms with Crippen LogP contribution in [-0.2, 0) is 0 Å². The Balaban J connectivity index is 2.37. The van der Waals surface area contributed by atoms with E-state index in [2.05, 4.69) is 20.9 Å². The molecule has 0 amide bonds. The van der Waals surface area contributed by atoms with Crippen molar-refractivity contribution in [3.05, 3.63) is 45.3 Å². The molecule has 0 bridgehead atoms. The van der Waals surface area contributed by atoms with Crippen LogP contribution in [0.25, 0.3) is 0 Å². The molecule has 0 aliphatic rings. The molecule has 94 valence electrons. The van der Waals surface area contributed by atoms with Crippen molar-refractivity contribution in [2.24, 2.45) is 0 Å². The van der Waals surface area contributed by atoms with Crippen molar-refractivity contribution >= 4 is 33.2 Å². The summed E-state index contributed by atoms with van der Waals surface area (Å²) in [6.45, 7) is 1.83. The van der Waals surface area contributed by atoms with Gasteiger partial charge in [-0.25, -0.2) is 9.37 Å². The van der Waals surface area contributed by atoms with Gasteiger partial charge < -0.3 is 10.5 Å². The number of anilines is 1. The summed E-state index contributed by atoms with van der Waals surface area (Å²) in [7, 11) is 0. The van der Waals surface area contributed by atoms with Gasteiger partial charge in [0.25, 0.3) is 0 Å². The summed E-state index contributed by atoms with van der Waals surface area (Å²) < 4.78 is 19.1. The summed E-state index contributed by atoms with van der Waals surface area (Å²) in [4.78, 5) is 4.05. The quantitative estimate of drug-likeness (QED) is 0.891. The predicted octanol–water partition coefficient (Wildman–Crippen LogP) is 4.32. The van der Waals surface area contributed by atoms with Crippen molar-refractivity contribution in [3.63, 3.8) is 0 Å². The van der Waals surface area contributed by atoms with E-state index < -0.39 is 5.82 Å². The molecular weight excluding hydrogens is 322 g/mol. The van der Waals surface area contributed by atoms with Crippen LogP contribution in [0.15, 0.2) is 28.9 Å². The van der Waals surface area contributed by atoms with Crippen LogP contribution < -0.4 is 10.5 Å². The molecule has 1 aromatic carbocycles. The molecule has 0 saturated heterocycles. The van der Waals surface area contributed by atoms with Gasteiger partial charge in [0.15, 0.2) is 0 Å². The molecule has 0 saturated carbocycles. The van der Waals surface area contributed by atoms with Crippen molar-refractivity contribution in [1.29, 1.82) is 0 Å². The first kappa shape index (κ1) is 13.1. The van der Waals surface area contributed by atoms with E-state index in [4.69, 9.17) is 22.1 Å². The Bertz CT molecular complexity index is 607. The number of ether oxygens (including phenoxy) is 1. The normalized spacial score (nSPS) is 10.4. The lowest BCUT2D eigenvalue weighted by molar-refractivity contribution is 0.458. The average Bonchev–Trinajstić information content (AvgIpc) is 2.33. The van der Waals surface area contributed by atoms with E-state index in [1.807, 2.05) is 6.92 Å². The molecule has 0 unspecified atom stereocenters. The van der Waals surface area contributed by atoms with Gasteiger partial charge in [-0.15, -0.1) is 0 Å². The number of hydrogen-bond acceptors (Lipinski definition) is 3. The molecule has 6 heteroatoms. The fourth-order valence-electron chi connectivity index (χ4n) is 1.30. The molecule has 2 aromatic rings. The van der Waals surface area contributed by atoms with Gasteiger partial charge in [0, 0.05) is 0 Å². The van der Waals surface area contributed by atoms with Gasteiger partial charge in [0.05, 0.1) is 21.4 Å². The fraction of sp³-hybridized carbons (Fsp3) is 0.0833. The largest absolute Gasteiger partial charge is 0.436 e. The number of hydrogen-bond donors (Lipinski definition) is 1. The Hall–Kier alpha value is -1.33. The number of halogens is 3. The Morgan fingerprint density at radius 1 is 1.44 bits per heavy atom. The van der Waals surface area contributed by atoms with Crippen molar-refractivity contribution < 1.29 is 9.13 Å². The first-order valence-electron chi connectivity index (χ1n) is 5.02. The number of benzene rings is 1. The minimum absolute atomic E-state index is 0.179. The summed E-state index contributed by atoms with van der Waals surface area (Å²) in [5.74, 6) is 0.235. The topological polar surface area (TPSA) is 48.1 Å². The number of rotatable bonds is 2. The van der Waals surface area contributed by atoms with Gasteiger partial charge in [-0.3, -0.25) is 0 Å². The standard InChI is InChI=1S/C12H9BrClFN2O/c1-6-9(16)5-17-12(11(6)13)18-10-3-2-7(15)4-8(10)14/h2-5H,16H2,1H3. The fourth-order valence-corrected chi connectivity index (χ4v) is 1.92. The second-order valence-corrected chi connectivity index (χ2v) is 4.83. The van der Waals surface area contributed by atoms with Gasteiger partial charge in [0.2, 0.25) is 5.88 Å². The van der Waals surface area contributed by atoms with Gasteiger partial charge in [0.1, 0.15) is 11.6 Å². The van der Waals surface area contributed by atoms with E-state index in [0.29, 0.717) is 21.8 Å². The zero-order chi connectivity index (χ0) is 13.3. The summed E-state index contributed by atoms with van der Waals surface area (Å²) >= 11 is 9.21. The van der Waals surface area contributed by atoms with Crippen molar-refractivity contribution in [1.82, 2.24) is 4.98 Å². The van der Waals surface area contributed by atoms with E-state index in [-0.39, 0.29) is 5.02 Å². The summed E-state index contributed by atoms with van der Waals surface area (Å²) in [5.41, 5.74) is 7.08. The zero-order valence-corrected chi connectivity index (χ0v) is 11.7. The first-order valence-corrected chi connectivity index (χ1v) is 6.19. The lowest BCUT2D eigenvalue weighted by Crippen LogP contribution is -1.96. The molecular formula is C12H9BrClFN2O. The van der Waals surface area contributed by atoms with Crippen LogP contribution in [0.5, 0.6) is 11.6 Å². The van der Waals surface area contributed by atoms with Crippen molar-refractivity contribution in [2.75, 3.05) is 5.73 Å². The highest BCUT2D eigenvalue weighted by Gasteiger charge is 2.11. The number of aromatic nitrogens is 1. The van der Waals surface area contributed by atoms with Crippen LogP contribution >= 0.6 is 27.5 Å². The van der Waals surface area contributed by atoms with E-state index >= 15 is 0 Å². The molecule has 0 aliphatic heterocycles. The highest BCUT2D eigenvalue weighted by atomic mass is 79.9. The molecule has 0 fully saturated rings. The molecule has 0 aliphatic carbocycles. The minimum Gasteiger partial charge on any atom is -0.436 e. The van der Waals surface area contributed by atoms with E-state index in [1.165, 1.54) is 24.4 Å². The maximum Gasteiger partial charge on any atom is 0.234 e. The number of nitrogen functional groups attached to an aromatic ring is 1. The third-order valence-corrected chi connectivity index (χ3v) is 3.60. The summed E-state index contributed by atoms with van der Waals surface area (Å²) in [6, 6.07) is 3.88. The molecule has 2 rings (SSSR count). The maximum atomic E-state index is 12.9. The van der Waals surface area contributed by atoms with Crippen LogP contribution in [0.4, 0.5) is 10.1 Å². The molecule has 1 heterocycles. The highest BCUT2D eigenvalue weighted by molar-refractivity contribution is 9.10. The third kappa shape index (κ3) is 2.57. The first-order chi connectivity index (χ1) is 8.49. The Kier molecular flexibility index (Phi) is 3.73. The lowest BCUT2D eigenvalue weighted by atomic mass is 10.2. The second kappa shape index (κ2) is 5.12. The van der Waals surface area contributed by atoms with Gasteiger partial charge >= 0.3 is 0 Å². The van der Waals surface area contributed by atoms with Crippen LogP contribution in [0.1, 0.15) is 5.56 Å². The maximum absolute atomic E-state index is 12.9. The monoisotopic (exact) mass is 330 g/mol. The summed E-state index contributed by atoms with van der Waals surface area (Å²) in [5, 5.41) is 0.179. The molecule has 1 aromatic heterocycles. The van der Waals surface area contributed by atoms with Crippen LogP contribution in [0.3, 0.4) is 0 Å². The number of nitrogens with zero attached hydrogens (tertiary/aromatic N) is 1. The molecule has 0 spiro atoms. The van der Waals surface area contributed by atoms with Crippen molar-refractivity contribution in [3.8, 4) is 11.6 Å². The van der Waals surface area contributed by atoms with E-state index in [0.717, 1.165) is 5.56 Å². The molecule has 3 nitrogen and oxygen atoms in total. The van der Waals surface area contributed by atoms with E-state index in [1.54, 1.807) is 0 Å². The Labute approximate surface area is 117 Å². The summed E-state index contributed by atoms with van der Waals surface area (Å²) in [6.07, 6.45) is 1.49. The zero-order valence-electron chi connectivity index (χ0n) is 9.38. The second-order valence-electron chi connectivity index (χ2n) is 3.63. The van der Waals surface area contributed by atoms with Crippen molar-refractivity contribution in [2.45, 2.75) is 6.92 Å². The molecule has 18 heavy (non-hydrogen) atoms. The van der Waals surface area contributed by atoms with Gasteiger partial charge in [-0.1, -0.05) is 11.6 Å². The van der Waals surface area contributed by atoms with Crippen LogP contribution in [0, 0.1) is 12.7 Å². The molecule has 0 radical (unpaired) electrons. The van der Waals surface area contributed by atoms with Crippen LogP contribution in [-0.4, -0.2) is 4.98 Å². The van der Waals surface area contributed by atoms with Crippen LogP contribution in [0.2, 0.25) is 5.02 Å². The molecule has 0 atom stereocenters. The lowest BCUT2D eigenvalue weighted by Gasteiger charge is -2.10. The predicted molar refractivity (Wildman–Crippen MR) is 72.6 cm³/mol. The van der Waals surface area contributed by atoms with Gasteiger partial charge in [-0.2, -0.15) is 0 Å². The van der Waals surface area contributed by atoms with E-state index in [9.17, 15) is 4.39 Å². The minimum atomic E-state index is -0.423. The molecule has 2 N–H and O–H groups in total. The Morgan fingerprint density at radius 3 is 2.83 bits per heavy atom. The number of pyridine rings is 1. The Morgan fingerprint density at radius 2 is 2.17 bits per heavy atom.